The SMILES string of the molecule is C[C](C)CC(C(=O)c1ccc(I)cc1)c1ccc(C(F)(F)F)cc1. The third-order valence-corrected chi connectivity index (χ3v) is 4.42. The van der Waals surface area contributed by atoms with Gasteiger partial charge in [-0.1, -0.05) is 38.1 Å². The first-order valence-corrected chi connectivity index (χ1v) is 8.52. The fourth-order valence-corrected chi connectivity index (χ4v) is 2.85. The molecule has 5 heteroatoms. The van der Waals surface area contributed by atoms with Crippen LogP contribution < -0.4 is 0 Å². The van der Waals surface area contributed by atoms with Gasteiger partial charge in [0.25, 0.3) is 0 Å². The van der Waals surface area contributed by atoms with Gasteiger partial charge >= 0.3 is 6.18 Å². The molecule has 2 aromatic rings. The van der Waals surface area contributed by atoms with Crippen LogP contribution in [0.1, 0.15) is 47.7 Å². The van der Waals surface area contributed by atoms with Crippen LogP contribution in [0.2, 0.25) is 0 Å². The number of hydrogen-bond donors (Lipinski definition) is 0. The molecule has 1 unspecified atom stereocenters. The van der Waals surface area contributed by atoms with Gasteiger partial charge in [-0.2, -0.15) is 13.2 Å². The van der Waals surface area contributed by atoms with Crippen LogP contribution in [0.3, 0.4) is 0 Å². The predicted octanol–water partition coefficient (Wildman–Crippen LogP) is 6.28. The van der Waals surface area contributed by atoms with Crippen molar-refractivity contribution in [1.29, 1.82) is 0 Å². The number of ketones is 1. The molecule has 24 heavy (non-hydrogen) atoms. The summed E-state index contributed by atoms with van der Waals surface area (Å²) in [5, 5.41) is 0. The van der Waals surface area contributed by atoms with Gasteiger partial charge < -0.3 is 0 Å². The van der Waals surface area contributed by atoms with Crippen LogP contribution in [-0.2, 0) is 6.18 Å². The molecule has 2 rings (SSSR count). The Morgan fingerprint density at radius 1 is 1.00 bits per heavy atom. The van der Waals surface area contributed by atoms with Gasteiger partial charge in [-0.25, -0.2) is 0 Å². The Kier molecular flexibility index (Phi) is 6.06. The van der Waals surface area contributed by atoms with E-state index >= 15 is 0 Å². The summed E-state index contributed by atoms with van der Waals surface area (Å²) < 4.78 is 39.2. The summed E-state index contributed by atoms with van der Waals surface area (Å²) in [5.41, 5.74) is 0.471. The molecule has 0 N–H and O–H groups in total. The van der Waals surface area contributed by atoms with E-state index in [1.54, 1.807) is 12.1 Å². The molecule has 0 saturated carbocycles. The molecule has 0 aliphatic carbocycles. The average Bonchev–Trinajstić information content (AvgIpc) is 2.52. The summed E-state index contributed by atoms with van der Waals surface area (Å²) in [5.74, 6) is 0.503. The van der Waals surface area contributed by atoms with Crippen LogP contribution in [0.15, 0.2) is 48.5 Å². The Balaban J connectivity index is 2.34. The van der Waals surface area contributed by atoms with Gasteiger partial charge in [0.15, 0.2) is 5.78 Å². The van der Waals surface area contributed by atoms with E-state index in [-0.39, 0.29) is 5.78 Å². The highest BCUT2D eigenvalue weighted by Crippen LogP contribution is 2.33. The molecule has 0 saturated heterocycles. The van der Waals surface area contributed by atoms with Crippen molar-refractivity contribution in [3.05, 3.63) is 74.7 Å². The quantitative estimate of drug-likeness (QED) is 0.391. The first-order chi connectivity index (χ1) is 11.2. The van der Waals surface area contributed by atoms with Crippen LogP contribution in [0.25, 0.3) is 0 Å². The normalized spacial score (nSPS) is 13.1. The first-order valence-electron chi connectivity index (χ1n) is 7.44. The topological polar surface area (TPSA) is 17.1 Å². The summed E-state index contributed by atoms with van der Waals surface area (Å²) in [6.07, 6.45) is -3.86. The molecule has 0 aliphatic rings. The van der Waals surface area contributed by atoms with Crippen molar-refractivity contribution in [3.63, 3.8) is 0 Å². The van der Waals surface area contributed by atoms with Crippen molar-refractivity contribution in [2.45, 2.75) is 32.4 Å². The fourth-order valence-electron chi connectivity index (χ4n) is 2.49. The molecular formula is C19H17F3IO. The molecule has 0 spiro atoms. The maximum Gasteiger partial charge on any atom is 0.416 e. The Hall–Kier alpha value is -1.37. The Morgan fingerprint density at radius 3 is 2.00 bits per heavy atom. The van der Waals surface area contributed by atoms with Gasteiger partial charge in [0.1, 0.15) is 0 Å². The number of carbonyl (C=O) groups is 1. The molecule has 0 heterocycles. The highest BCUT2D eigenvalue weighted by atomic mass is 127. The van der Waals surface area contributed by atoms with E-state index in [2.05, 4.69) is 22.6 Å². The third-order valence-electron chi connectivity index (χ3n) is 3.70. The van der Waals surface area contributed by atoms with Crippen molar-refractivity contribution in [1.82, 2.24) is 0 Å². The van der Waals surface area contributed by atoms with Gasteiger partial charge in [0, 0.05) is 15.1 Å². The van der Waals surface area contributed by atoms with Gasteiger partial charge in [-0.3, -0.25) is 4.79 Å². The summed E-state index contributed by atoms with van der Waals surface area (Å²) in [6, 6.07) is 12.1. The molecule has 2 aromatic carbocycles. The highest BCUT2D eigenvalue weighted by Gasteiger charge is 2.31. The van der Waals surface area contributed by atoms with Crippen LogP contribution in [0.5, 0.6) is 0 Å². The van der Waals surface area contributed by atoms with Crippen LogP contribution in [0, 0.1) is 9.49 Å². The van der Waals surface area contributed by atoms with Crippen molar-refractivity contribution in [3.8, 4) is 0 Å². The lowest BCUT2D eigenvalue weighted by molar-refractivity contribution is -0.137. The Morgan fingerprint density at radius 2 is 1.54 bits per heavy atom. The monoisotopic (exact) mass is 445 g/mol. The number of Topliss-reactive ketones (excluding diaryl/α,β-unsaturated/α-hetero) is 1. The minimum absolute atomic E-state index is 0.0765. The third kappa shape index (κ3) is 4.82. The molecule has 127 valence electrons. The maximum absolute atomic E-state index is 12.8. The average molecular weight is 445 g/mol. The molecule has 1 radical (unpaired) electrons. The van der Waals surface area contributed by atoms with E-state index in [0.717, 1.165) is 21.6 Å². The fraction of sp³-hybridized carbons (Fsp3) is 0.263. The number of alkyl halides is 3. The summed E-state index contributed by atoms with van der Waals surface area (Å²) in [6.45, 7) is 3.83. The number of carbonyl (C=O) groups excluding carboxylic acids is 1. The van der Waals surface area contributed by atoms with Crippen LogP contribution in [-0.4, -0.2) is 5.78 Å². The molecule has 0 bridgehead atoms. The Labute approximate surface area is 153 Å². The van der Waals surface area contributed by atoms with Crippen molar-refractivity contribution in [2.24, 2.45) is 0 Å². The Bertz CT molecular complexity index is 688. The van der Waals surface area contributed by atoms with E-state index in [4.69, 9.17) is 0 Å². The smallest absolute Gasteiger partial charge is 0.293 e. The highest BCUT2D eigenvalue weighted by molar-refractivity contribution is 14.1. The van der Waals surface area contributed by atoms with E-state index in [1.165, 1.54) is 12.1 Å². The van der Waals surface area contributed by atoms with E-state index in [0.29, 0.717) is 17.5 Å². The summed E-state index contributed by atoms with van der Waals surface area (Å²) in [7, 11) is 0. The van der Waals surface area contributed by atoms with Crippen LogP contribution >= 0.6 is 22.6 Å². The second-order valence-corrected chi connectivity index (χ2v) is 7.20. The lowest BCUT2D eigenvalue weighted by Crippen LogP contribution is -2.15. The van der Waals surface area contributed by atoms with Crippen molar-refractivity contribution >= 4 is 28.4 Å². The zero-order chi connectivity index (χ0) is 17.9. The molecule has 0 fully saturated rings. The van der Waals surface area contributed by atoms with Gasteiger partial charge in [-0.05, 0) is 64.8 Å². The minimum Gasteiger partial charge on any atom is -0.293 e. The zero-order valence-corrected chi connectivity index (χ0v) is 15.5. The number of hydrogen-bond acceptors (Lipinski definition) is 1. The maximum atomic E-state index is 12.8. The zero-order valence-electron chi connectivity index (χ0n) is 13.3. The van der Waals surface area contributed by atoms with Gasteiger partial charge in [0.2, 0.25) is 0 Å². The molecular weight excluding hydrogens is 428 g/mol. The standard InChI is InChI=1S/C19H17F3IO/c1-12(2)11-17(18(24)14-5-9-16(23)10-6-14)13-3-7-15(8-4-13)19(20,21)22/h3-10,17H,11H2,1-2H3. The summed E-state index contributed by atoms with van der Waals surface area (Å²) >= 11 is 2.16. The van der Waals surface area contributed by atoms with E-state index in [1.807, 2.05) is 26.0 Å². The number of rotatable bonds is 5. The lowest BCUT2D eigenvalue weighted by atomic mass is 9.84. The van der Waals surface area contributed by atoms with Gasteiger partial charge in [-0.15, -0.1) is 0 Å². The number of halogens is 4. The van der Waals surface area contributed by atoms with Crippen molar-refractivity contribution < 1.29 is 18.0 Å². The molecule has 0 amide bonds. The minimum atomic E-state index is -4.37. The largest absolute Gasteiger partial charge is 0.416 e. The van der Waals surface area contributed by atoms with E-state index < -0.39 is 17.7 Å². The van der Waals surface area contributed by atoms with Crippen LogP contribution in [0.4, 0.5) is 13.2 Å². The molecule has 0 aromatic heterocycles. The van der Waals surface area contributed by atoms with Crippen molar-refractivity contribution in [2.75, 3.05) is 0 Å². The molecule has 1 atom stereocenters. The summed E-state index contributed by atoms with van der Waals surface area (Å²) in [4.78, 5) is 12.8. The molecule has 1 nitrogen and oxygen atoms in total. The van der Waals surface area contributed by atoms with Gasteiger partial charge in [0.05, 0.1) is 5.56 Å². The van der Waals surface area contributed by atoms with E-state index in [9.17, 15) is 18.0 Å². The molecule has 0 aliphatic heterocycles. The predicted molar refractivity (Wildman–Crippen MR) is 96.9 cm³/mol. The second-order valence-electron chi connectivity index (χ2n) is 5.95. The lowest BCUT2D eigenvalue weighted by Gasteiger charge is -2.19. The first kappa shape index (κ1) is 19.0. The number of benzene rings is 2. The second kappa shape index (κ2) is 7.68.